The van der Waals surface area contributed by atoms with E-state index in [1.54, 1.807) is 19.1 Å². The second-order valence-electron chi connectivity index (χ2n) is 7.28. The molecule has 2 atom stereocenters. The molecule has 0 aromatic heterocycles. The average molecular weight is 420 g/mol. The summed E-state index contributed by atoms with van der Waals surface area (Å²) >= 11 is 0. The number of methoxy groups -OCH3 is 2. The molecule has 1 aliphatic heterocycles. The molecule has 7 heteroatoms. The lowest BCUT2D eigenvalue weighted by atomic mass is 9.95. The van der Waals surface area contributed by atoms with Crippen molar-refractivity contribution in [3.8, 4) is 11.5 Å². The van der Waals surface area contributed by atoms with Crippen LogP contribution in [0.15, 0.2) is 48.5 Å². The maximum atomic E-state index is 12.8. The van der Waals surface area contributed by atoms with Crippen molar-refractivity contribution in [1.82, 2.24) is 9.80 Å². The number of nitrogens with two attached hydrogens (primary N) is 1. The maximum absolute atomic E-state index is 12.8. The highest BCUT2D eigenvalue weighted by atomic mass is 35.5. The predicted octanol–water partition coefficient (Wildman–Crippen LogP) is 2.51. The SMILES string of the molecule is COc1cccc(CN(C)C(=O)CN2C[C@@H](N)[C@H](c3ccccc3)C2)c1OC.Cl. The molecule has 3 rings (SSSR count). The van der Waals surface area contributed by atoms with Crippen LogP contribution in [0.4, 0.5) is 0 Å². The van der Waals surface area contributed by atoms with Gasteiger partial charge in [0.1, 0.15) is 0 Å². The van der Waals surface area contributed by atoms with E-state index in [1.165, 1.54) is 5.56 Å². The van der Waals surface area contributed by atoms with Crippen LogP contribution in [0, 0.1) is 0 Å². The van der Waals surface area contributed by atoms with Gasteiger partial charge in [-0.05, 0) is 11.6 Å². The lowest BCUT2D eigenvalue weighted by molar-refractivity contribution is -0.131. The fourth-order valence-corrected chi connectivity index (χ4v) is 3.83. The molecule has 0 aliphatic carbocycles. The minimum atomic E-state index is 0. The summed E-state index contributed by atoms with van der Waals surface area (Å²) in [6.45, 7) is 2.34. The molecule has 1 aliphatic rings. The number of amides is 1. The fourth-order valence-electron chi connectivity index (χ4n) is 3.83. The van der Waals surface area contributed by atoms with Crippen LogP contribution in [0.2, 0.25) is 0 Å². The summed E-state index contributed by atoms with van der Waals surface area (Å²) < 4.78 is 10.8. The van der Waals surface area contributed by atoms with Crippen molar-refractivity contribution < 1.29 is 14.3 Å². The lowest BCUT2D eigenvalue weighted by Crippen LogP contribution is -2.38. The monoisotopic (exact) mass is 419 g/mol. The van der Waals surface area contributed by atoms with E-state index in [0.717, 1.165) is 18.7 Å². The van der Waals surface area contributed by atoms with Crippen LogP contribution in [-0.2, 0) is 11.3 Å². The minimum absolute atomic E-state index is 0. The Morgan fingerprint density at radius 3 is 2.48 bits per heavy atom. The number of rotatable bonds is 7. The Morgan fingerprint density at radius 1 is 1.10 bits per heavy atom. The highest BCUT2D eigenvalue weighted by molar-refractivity contribution is 5.85. The van der Waals surface area contributed by atoms with Gasteiger partial charge in [0, 0.05) is 44.2 Å². The molecule has 1 fully saturated rings. The molecule has 0 unspecified atom stereocenters. The number of hydrogen-bond acceptors (Lipinski definition) is 5. The van der Waals surface area contributed by atoms with E-state index >= 15 is 0 Å². The number of likely N-dealkylation sites (N-methyl/N-ethyl adjacent to an activating group) is 1. The number of benzene rings is 2. The van der Waals surface area contributed by atoms with Gasteiger partial charge in [0.25, 0.3) is 0 Å². The molecular weight excluding hydrogens is 390 g/mol. The Kier molecular flexibility index (Phi) is 8.32. The largest absolute Gasteiger partial charge is 0.493 e. The van der Waals surface area contributed by atoms with E-state index in [9.17, 15) is 4.79 Å². The molecule has 0 spiro atoms. The summed E-state index contributed by atoms with van der Waals surface area (Å²) in [5.41, 5.74) is 8.50. The number of para-hydroxylation sites is 1. The molecule has 2 aromatic carbocycles. The number of halogens is 1. The number of hydrogen-bond donors (Lipinski definition) is 1. The summed E-state index contributed by atoms with van der Waals surface area (Å²) in [5.74, 6) is 1.65. The Morgan fingerprint density at radius 2 is 1.83 bits per heavy atom. The van der Waals surface area contributed by atoms with Crippen molar-refractivity contribution >= 4 is 18.3 Å². The van der Waals surface area contributed by atoms with Crippen LogP contribution >= 0.6 is 12.4 Å². The Bertz CT molecular complexity index is 803. The summed E-state index contributed by atoms with van der Waals surface area (Å²) in [6, 6.07) is 16.0. The first-order valence-electron chi connectivity index (χ1n) is 9.50. The van der Waals surface area contributed by atoms with E-state index in [0.29, 0.717) is 24.6 Å². The van der Waals surface area contributed by atoms with Crippen LogP contribution in [0.3, 0.4) is 0 Å². The standard InChI is InChI=1S/C22H29N3O3.ClH/c1-24(12-17-10-7-11-20(27-2)22(17)28-3)21(26)15-25-13-18(19(23)14-25)16-8-5-4-6-9-16;/h4-11,18-19H,12-15,23H2,1-3H3;1H/t18-,19+;/m0./s1. The number of carbonyl (C=O) groups excluding carboxylic acids is 1. The van der Waals surface area contributed by atoms with Gasteiger partial charge in [0.05, 0.1) is 20.8 Å². The zero-order valence-electron chi connectivity index (χ0n) is 17.2. The molecule has 2 N–H and O–H groups in total. The van der Waals surface area contributed by atoms with Gasteiger partial charge in [-0.2, -0.15) is 0 Å². The van der Waals surface area contributed by atoms with Gasteiger partial charge in [-0.25, -0.2) is 0 Å². The van der Waals surface area contributed by atoms with Crippen LogP contribution < -0.4 is 15.2 Å². The molecule has 1 saturated heterocycles. The van der Waals surface area contributed by atoms with Gasteiger partial charge in [0.15, 0.2) is 11.5 Å². The number of nitrogens with zero attached hydrogens (tertiary/aromatic N) is 2. The summed E-state index contributed by atoms with van der Waals surface area (Å²) in [5, 5.41) is 0. The van der Waals surface area contributed by atoms with Crippen LogP contribution in [0.25, 0.3) is 0 Å². The quantitative estimate of drug-likeness (QED) is 0.746. The third kappa shape index (κ3) is 5.41. The first-order chi connectivity index (χ1) is 13.5. The highest BCUT2D eigenvalue weighted by Crippen LogP contribution is 2.31. The fraction of sp³-hybridized carbons (Fsp3) is 0.409. The molecule has 6 nitrogen and oxygen atoms in total. The second-order valence-corrected chi connectivity index (χ2v) is 7.28. The molecule has 2 aromatic rings. The van der Waals surface area contributed by atoms with Crippen LogP contribution in [0.5, 0.6) is 11.5 Å². The Hall–Kier alpha value is -2.28. The third-order valence-electron chi connectivity index (χ3n) is 5.35. The average Bonchev–Trinajstić information content (AvgIpc) is 3.08. The number of carbonyl (C=O) groups is 1. The van der Waals surface area contributed by atoms with Crippen LogP contribution in [0.1, 0.15) is 17.0 Å². The highest BCUT2D eigenvalue weighted by Gasteiger charge is 2.32. The smallest absolute Gasteiger partial charge is 0.236 e. The van der Waals surface area contributed by atoms with Crippen molar-refractivity contribution in [1.29, 1.82) is 0 Å². The van der Waals surface area contributed by atoms with E-state index < -0.39 is 0 Å². The summed E-state index contributed by atoms with van der Waals surface area (Å²) in [7, 11) is 5.03. The van der Waals surface area contributed by atoms with Gasteiger partial charge in [-0.1, -0.05) is 42.5 Å². The minimum Gasteiger partial charge on any atom is -0.493 e. The predicted molar refractivity (Wildman–Crippen MR) is 117 cm³/mol. The van der Waals surface area contributed by atoms with Crippen molar-refractivity contribution in [3.05, 3.63) is 59.7 Å². The summed E-state index contributed by atoms with van der Waals surface area (Å²) in [4.78, 5) is 16.6. The molecule has 1 amide bonds. The third-order valence-corrected chi connectivity index (χ3v) is 5.35. The molecule has 29 heavy (non-hydrogen) atoms. The molecule has 1 heterocycles. The Labute approximate surface area is 179 Å². The molecule has 0 bridgehead atoms. The van der Waals surface area contributed by atoms with Gasteiger partial charge in [-0.3, -0.25) is 9.69 Å². The van der Waals surface area contributed by atoms with Crippen molar-refractivity contribution in [2.24, 2.45) is 5.73 Å². The second kappa shape index (κ2) is 10.5. The topological polar surface area (TPSA) is 68.0 Å². The van der Waals surface area contributed by atoms with Gasteiger partial charge >= 0.3 is 0 Å². The molecular formula is C22H30ClN3O3. The number of likely N-dealkylation sites (tertiary alicyclic amines) is 1. The van der Waals surface area contributed by atoms with Gasteiger partial charge < -0.3 is 20.1 Å². The van der Waals surface area contributed by atoms with Crippen molar-refractivity contribution in [2.75, 3.05) is 40.9 Å². The zero-order chi connectivity index (χ0) is 20.1. The van der Waals surface area contributed by atoms with E-state index in [-0.39, 0.29) is 30.3 Å². The van der Waals surface area contributed by atoms with Crippen molar-refractivity contribution in [3.63, 3.8) is 0 Å². The molecule has 158 valence electrons. The molecule has 0 saturated carbocycles. The van der Waals surface area contributed by atoms with E-state index in [1.807, 2.05) is 43.4 Å². The van der Waals surface area contributed by atoms with Crippen molar-refractivity contribution in [2.45, 2.75) is 18.5 Å². The number of ether oxygens (including phenoxy) is 2. The molecule has 0 radical (unpaired) electrons. The Balaban J connectivity index is 0.00000300. The van der Waals surface area contributed by atoms with E-state index in [4.69, 9.17) is 15.2 Å². The first-order valence-corrected chi connectivity index (χ1v) is 9.50. The maximum Gasteiger partial charge on any atom is 0.236 e. The van der Waals surface area contributed by atoms with Gasteiger partial charge in [0.2, 0.25) is 5.91 Å². The normalized spacial score (nSPS) is 18.8. The van der Waals surface area contributed by atoms with E-state index in [2.05, 4.69) is 17.0 Å². The zero-order valence-corrected chi connectivity index (χ0v) is 18.0. The van der Waals surface area contributed by atoms with Crippen LogP contribution in [-0.4, -0.2) is 62.7 Å². The first kappa shape index (κ1) is 23.0. The summed E-state index contributed by atoms with van der Waals surface area (Å²) in [6.07, 6.45) is 0. The lowest BCUT2D eigenvalue weighted by Gasteiger charge is -2.23. The van der Waals surface area contributed by atoms with Gasteiger partial charge in [-0.15, -0.1) is 12.4 Å².